The number of ketones is 1. The monoisotopic (exact) mass is 532 g/mol. The van der Waals surface area contributed by atoms with E-state index < -0.39 is 76.3 Å². The number of methoxy groups -OCH3 is 1. The topological polar surface area (TPSA) is 143 Å². The highest BCUT2D eigenvalue weighted by Crippen LogP contribution is 2.74. The van der Waals surface area contributed by atoms with E-state index in [-0.39, 0.29) is 31.1 Å². The molecule has 2 heterocycles. The Hall–Kier alpha value is -1.62. The number of carbonyl (C=O) groups excluding carboxylic acids is 2. The van der Waals surface area contributed by atoms with Gasteiger partial charge in [0.15, 0.2) is 17.7 Å². The van der Waals surface area contributed by atoms with Crippen molar-refractivity contribution in [3.63, 3.8) is 0 Å². The Morgan fingerprint density at radius 3 is 2.47 bits per heavy atom. The van der Waals surface area contributed by atoms with Crippen molar-refractivity contribution in [3.05, 3.63) is 23.3 Å². The molecule has 0 amide bonds. The molecule has 0 aromatic heterocycles. The minimum absolute atomic E-state index is 0.0529. The number of allylic oxidation sites excluding steroid dienone is 1. The van der Waals surface area contributed by atoms with Crippen molar-refractivity contribution in [2.45, 2.75) is 95.1 Å². The lowest BCUT2D eigenvalue weighted by Crippen LogP contribution is -2.79. The number of aliphatic hydroxyl groups is 4. The second kappa shape index (κ2) is 7.98. The zero-order chi connectivity index (χ0) is 27.6. The largest absolute Gasteiger partial charge is 0.452 e. The molecule has 12 atom stereocenters. The van der Waals surface area contributed by atoms with E-state index in [0.717, 1.165) is 5.57 Å². The van der Waals surface area contributed by atoms with Crippen LogP contribution in [0, 0.1) is 34.5 Å². The fourth-order valence-electron chi connectivity index (χ4n) is 10.0. The van der Waals surface area contributed by atoms with Gasteiger partial charge in [-0.3, -0.25) is 4.79 Å². The Morgan fingerprint density at radius 2 is 1.87 bits per heavy atom. The predicted octanol–water partition coefficient (Wildman–Crippen LogP) is 1.41. The third-order valence-corrected chi connectivity index (χ3v) is 12.4. The highest BCUT2D eigenvalue weighted by molar-refractivity contribution is 5.97. The highest BCUT2D eigenvalue weighted by atomic mass is 16.7. The van der Waals surface area contributed by atoms with Gasteiger partial charge in [0, 0.05) is 25.0 Å². The second-order valence-electron chi connectivity index (χ2n) is 13.0. The second-order valence-corrected chi connectivity index (χ2v) is 13.0. The van der Waals surface area contributed by atoms with Crippen molar-refractivity contribution < 1.29 is 44.2 Å². The third kappa shape index (κ3) is 2.64. The molecule has 0 aromatic rings. The van der Waals surface area contributed by atoms with Gasteiger partial charge >= 0.3 is 5.97 Å². The summed E-state index contributed by atoms with van der Waals surface area (Å²) in [7, 11) is 1.53. The van der Waals surface area contributed by atoms with Crippen LogP contribution in [0.3, 0.4) is 0 Å². The molecule has 210 valence electrons. The van der Waals surface area contributed by atoms with Gasteiger partial charge in [-0.15, -0.1) is 0 Å². The minimum Gasteiger partial charge on any atom is -0.452 e. The first-order valence-corrected chi connectivity index (χ1v) is 13.9. The van der Waals surface area contributed by atoms with Gasteiger partial charge < -0.3 is 34.6 Å². The molecule has 0 radical (unpaired) electrons. The van der Waals surface area contributed by atoms with Gasteiger partial charge in [-0.25, -0.2) is 4.79 Å². The van der Waals surface area contributed by atoms with E-state index >= 15 is 0 Å². The summed E-state index contributed by atoms with van der Waals surface area (Å²) in [4.78, 5) is 26.1. The van der Waals surface area contributed by atoms with Crippen LogP contribution in [0.15, 0.2) is 23.3 Å². The SMILES string of the molecule is CO[C@@]12C[C@H]3[C@@H](C[C@@H](O)[C@@]4(O)CC=CC(=O)[C@]34CO)[C@@H]3CC[C@@](O)([C@H](C)[C@@H]([C@H]4OC(=O)C(C)=C4C)O1)[C@]32C. The average molecular weight is 533 g/mol. The molecule has 9 nitrogen and oxygen atoms in total. The Bertz CT molecular complexity index is 1150. The molecule has 0 spiro atoms. The van der Waals surface area contributed by atoms with Crippen molar-refractivity contribution in [3.8, 4) is 0 Å². The molecule has 0 unspecified atom stereocenters. The summed E-state index contributed by atoms with van der Waals surface area (Å²) in [6.07, 6.45) is 1.85. The summed E-state index contributed by atoms with van der Waals surface area (Å²) in [6.45, 7) is 6.84. The summed E-state index contributed by atoms with van der Waals surface area (Å²) in [5.41, 5.74) is -4.34. The van der Waals surface area contributed by atoms with Gasteiger partial charge in [-0.1, -0.05) is 19.9 Å². The molecule has 4 aliphatic carbocycles. The fraction of sp³-hybridized carbons (Fsp3) is 0.793. The maximum atomic E-state index is 13.6. The van der Waals surface area contributed by atoms with E-state index in [2.05, 4.69) is 0 Å². The zero-order valence-corrected chi connectivity index (χ0v) is 22.8. The van der Waals surface area contributed by atoms with Crippen molar-refractivity contribution >= 4 is 11.8 Å². The standard InChI is InChI=1S/C29H40O9/c1-14-15(2)24(33)37-22(14)23-16(3)27(34)10-8-18-17-11-21(32)28(35)9-6-7-20(31)26(28,13-30)19(17)12-29(36-5,38-23)25(18,27)4/h6-7,16-19,21-23,30,32,34-35H,8-13H2,1-5H3/t16-,17+,18+,19+,21-,22+,23+,25+,26+,27-,28+,29+/m1/s1. The molecule has 1 saturated heterocycles. The normalized spacial score (nSPS) is 55.4. The van der Waals surface area contributed by atoms with Gasteiger partial charge in [0.1, 0.15) is 11.7 Å². The summed E-state index contributed by atoms with van der Waals surface area (Å²) < 4.78 is 18.9. The van der Waals surface area contributed by atoms with Crippen LogP contribution in [-0.4, -0.2) is 81.2 Å². The summed E-state index contributed by atoms with van der Waals surface area (Å²) in [5, 5.41) is 46.5. The Kier molecular flexibility index (Phi) is 5.59. The highest BCUT2D eigenvalue weighted by Gasteiger charge is 2.81. The van der Waals surface area contributed by atoms with E-state index in [1.54, 1.807) is 13.0 Å². The number of ether oxygens (including phenoxy) is 3. The first-order chi connectivity index (χ1) is 17.8. The van der Waals surface area contributed by atoms with Gasteiger partial charge in [0.2, 0.25) is 0 Å². The van der Waals surface area contributed by atoms with Crippen molar-refractivity contribution in [1.82, 2.24) is 0 Å². The molecule has 3 saturated carbocycles. The van der Waals surface area contributed by atoms with Crippen LogP contribution >= 0.6 is 0 Å². The maximum Gasteiger partial charge on any atom is 0.334 e. The van der Waals surface area contributed by atoms with Crippen LogP contribution < -0.4 is 0 Å². The molecule has 0 bridgehead atoms. The van der Waals surface area contributed by atoms with E-state index in [4.69, 9.17) is 14.2 Å². The number of esters is 1. The van der Waals surface area contributed by atoms with Gasteiger partial charge in [-0.05, 0) is 68.9 Å². The summed E-state index contributed by atoms with van der Waals surface area (Å²) in [6, 6.07) is 0. The van der Waals surface area contributed by atoms with Crippen LogP contribution in [-0.2, 0) is 23.8 Å². The number of aliphatic hydroxyl groups excluding tert-OH is 2. The maximum absolute atomic E-state index is 13.6. The lowest BCUT2D eigenvalue weighted by atomic mass is 9.40. The van der Waals surface area contributed by atoms with Crippen molar-refractivity contribution in [1.29, 1.82) is 0 Å². The van der Waals surface area contributed by atoms with Gasteiger partial charge in [-0.2, -0.15) is 0 Å². The predicted molar refractivity (Wildman–Crippen MR) is 133 cm³/mol. The van der Waals surface area contributed by atoms with Crippen LogP contribution in [0.5, 0.6) is 0 Å². The molecular weight excluding hydrogens is 492 g/mol. The molecule has 0 aromatic carbocycles. The van der Waals surface area contributed by atoms with Crippen LogP contribution in [0.4, 0.5) is 0 Å². The minimum atomic E-state index is -1.83. The summed E-state index contributed by atoms with van der Waals surface area (Å²) in [5.74, 6) is -3.66. The first kappa shape index (κ1) is 26.6. The average Bonchev–Trinajstić information content (AvgIpc) is 3.31. The lowest BCUT2D eigenvalue weighted by Gasteiger charge is -2.70. The number of cyclic esters (lactones) is 1. The number of fused-ring (bicyclic) bond motifs is 4. The van der Waals surface area contributed by atoms with E-state index in [1.165, 1.54) is 13.2 Å². The zero-order valence-electron chi connectivity index (χ0n) is 22.8. The molecule has 6 rings (SSSR count). The first-order valence-electron chi connectivity index (χ1n) is 13.9. The van der Waals surface area contributed by atoms with Crippen LogP contribution in [0.25, 0.3) is 0 Å². The Balaban J connectivity index is 1.52. The number of rotatable bonds is 3. The molecule has 38 heavy (non-hydrogen) atoms. The number of carbonyl (C=O) groups is 2. The number of hydrogen-bond donors (Lipinski definition) is 4. The molecular formula is C29H40O9. The molecule has 6 aliphatic rings. The third-order valence-electron chi connectivity index (χ3n) is 12.4. The van der Waals surface area contributed by atoms with Gasteiger partial charge in [0.05, 0.1) is 29.1 Å². The molecule has 4 N–H and O–H groups in total. The van der Waals surface area contributed by atoms with E-state index in [0.29, 0.717) is 18.4 Å². The van der Waals surface area contributed by atoms with Crippen molar-refractivity contribution in [2.24, 2.45) is 34.5 Å². The fourth-order valence-corrected chi connectivity index (χ4v) is 10.0. The molecule has 4 fully saturated rings. The smallest absolute Gasteiger partial charge is 0.334 e. The Labute approximate surface area is 222 Å². The van der Waals surface area contributed by atoms with Gasteiger partial charge in [0.25, 0.3) is 0 Å². The van der Waals surface area contributed by atoms with Crippen LogP contribution in [0.2, 0.25) is 0 Å². The Morgan fingerprint density at radius 1 is 1.16 bits per heavy atom. The quantitative estimate of drug-likeness (QED) is 0.397. The lowest BCUT2D eigenvalue weighted by molar-refractivity contribution is -0.426. The van der Waals surface area contributed by atoms with Crippen LogP contribution in [0.1, 0.15) is 59.8 Å². The van der Waals surface area contributed by atoms with E-state index in [1.807, 2.05) is 20.8 Å². The number of hydrogen-bond acceptors (Lipinski definition) is 9. The van der Waals surface area contributed by atoms with E-state index in [9.17, 15) is 30.0 Å². The molecule has 9 heteroatoms. The van der Waals surface area contributed by atoms with Crippen molar-refractivity contribution in [2.75, 3.05) is 13.7 Å². The molecule has 2 aliphatic heterocycles. The summed E-state index contributed by atoms with van der Waals surface area (Å²) >= 11 is 0.